The number of para-hydroxylation sites is 2. The molecule has 120 valence electrons. The monoisotopic (exact) mass is 301 g/mol. The SMILES string of the molecule is CC(=O)NC1CCC(Nc2ccccc2N2CCCC2)CC1. The first-order chi connectivity index (χ1) is 10.7. The minimum Gasteiger partial charge on any atom is -0.381 e. The second kappa shape index (κ2) is 7.03. The fraction of sp³-hybridized carbons (Fsp3) is 0.611. The van der Waals surface area contributed by atoms with Crippen LogP contribution in [0.1, 0.15) is 45.4 Å². The first-order valence-corrected chi connectivity index (χ1v) is 8.60. The van der Waals surface area contributed by atoms with Crippen LogP contribution in [0.2, 0.25) is 0 Å². The van der Waals surface area contributed by atoms with E-state index in [2.05, 4.69) is 39.8 Å². The summed E-state index contributed by atoms with van der Waals surface area (Å²) >= 11 is 0. The molecule has 0 aromatic heterocycles. The molecule has 0 atom stereocenters. The summed E-state index contributed by atoms with van der Waals surface area (Å²) in [4.78, 5) is 13.6. The summed E-state index contributed by atoms with van der Waals surface area (Å²) in [5.74, 6) is 0.0933. The van der Waals surface area contributed by atoms with Crippen molar-refractivity contribution in [2.75, 3.05) is 23.3 Å². The molecule has 0 bridgehead atoms. The molecule has 22 heavy (non-hydrogen) atoms. The molecule has 1 aromatic rings. The van der Waals surface area contributed by atoms with Gasteiger partial charge < -0.3 is 15.5 Å². The third kappa shape index (κ3) is 3.73. The molecule has 1 aliphatic heterocycles. The lowest BCUT2D eigenvalue weighted by Crippen LogP contribution is -2.39. The predicted octanol–water partition coefficient (Wildman–Crippen LogP) is 3.15. The van der Waals surface area contributed by atoms with E-state index in [9.17, 15) is 4.79 Å². The summed E-state index contributed by atoms with van der Waals surface area (Å²) in [5.41, 5.74) is 2.62. The highest BCUT2D eigenvalue weighted by atomic mass is 16.1. The Labute approximate surface area is 133 Å². The number of rotatable bonds is 4. The molecule has 2 fully saturated rings. The van der Waals surface area contributed by atoms with Crippen LogP contribution in [0.4, 0.5) is 11.4 Å². The number of anilines is 2. The highest BCUT2D eigenvalue weighted by molar-refractivity contribution is 5.73. The van der Waals surface area contributed by atoms with Gasteiger partial charge in [0.05, 0.1) is 11.4 Å². The zero-order chi connectivity index (χ0) is 15.4. The van der Waals surface area contributed by atoms with Crippen molar-refractivity contribution < 1.29 is 4.79 Å². The van der Waals surface area contributed by atoms with Gasteiger partial charge in [-0.3, -0.25) is 4.79 Å². The zero-order valence-corrected chi connectivity index (χ0v) is 13.5. The largest absolute Gasteiger partial charge is 0.381 e. The summed E-state index contributed by atoms with van der Waals surface area (Å²) in [6.45, 7) is 3.96. The zero-order valence-electron chi connectivity index (χ0n) is 13.5. The molecule has 0 radical (unpaired) electrons. The van der Waals surface area contributed by atoms with Crippen molar-refractivity contribution in [1.29, 1.82) is 0 Å². The first kappa shape index (κ1) is 15.2. The minimum atomic E-state index is 0.0933. The van der Waals surface area contributed by atoms with Crippen molar-refractivity contribution in [3.05, 3.63) is 24.3 Å². The fourth-order valence-corrected chi connectivity index (χ4v) is 3.72. The van der Waals surface area contributed by atoms with E-state index in [1.807, 2.05) is 0 Å². The van der Waals surface area contributed by atoms with E-state index in [0.717, 1.165) is 25.7 Å². The quantitative estimate of drug-likeness (QED) is 0.898. The van der Waals surface area contributed by atoms with Crippen LogP contribution in [-0.4, -0.2) is 31.1 Å². The van der Waals surface area contributed by atoms with Gasteiger partial charge in [-0.2, -0.15) is 0 Å². The van der Waals surface area contributed by atoms with Crippen LogP contribution < -0.4 is 15.5 Å². The number of hydrogen-bond acceptors (Lipinski definition) is 3. The molecule has 1 saturated heterocycles. The second-order valence-electron chi connectivity index (χ2n) is 6.60. The lowest BCUT2D eigenvalue weighted by molar-refractivity contribution is -0.119. The van der Waals surface area contributed by atoms with Gasteiger partial charge in [-0.1, -0.05) is 12.1 Å². The van der Waals surface area contributed by atoms with Crippen LogP contribution in [0.25, 0.3) is 0 Å². The molecular formula is C18H27N3O. The molecule has 1 amide bonds. The molecule has 4 nitrogen and oxygen atoms in total. The number of nitrogens with one attached hydrogen (secondary N) is 2. The smallest absolute Gasteiger partial charge is 0.217 e. The summed E-state index contributed by atoms with van der Waals surface area (Å²) in [6, 6.07) is 9.57. The lowest BCUT2D eigenvalue weighted by Gasteiger charge is -2.31. The molecule has 1 aromatic carbocycles. The molecule has 0 spiro atoms. The number of benzene rings is 1. The van der Waals surface area contributed by atoms with Crippen LogP contribution in [0, 0.1) is 0 Å². The Kier molecular flexibility index (Phi) is 4.86. The maximum atomic E-state index is 11.1. The third-order valence-corrected chi connectivity index (χ3v) is 4.84. The topological polar surface area (TPSA) is 44.4 Å². The van der Waals surface area contributed by atoms with E-state index < -0.39 is 0 Å². The number of carbonyl (C=O) groups excluding carboxylic acids is 1. The van der Waals surface area contributed by atoms with Crippen LogP contribution in [0.15, 0.2) is 24.3 Å². The fourth-order valence-electron chi connectivity index (χ4n) is 3.72. The van der Waals surface area contributed by atoms with E-state index in [4.69, 9.17) is 0 Å². The first-order valence-electron chi connectivity index (χ1n) is 8.60. The van der Waals surface area contributed by atoms with Gasteiger partial charge in [0, 0.05) is 32.1 Å². The standard InChI is InChI=1S/C18H27N3O/c1-14(22)19-15-8-10-16(11-9-15)20-17-6-2-3-7-18(17)21-12-4-5-13-21/h2-3,6-7,15-16,20H,4-5,8-13H2,1H3,(H,19,22). The molecule has 2 N–H and O–H groups in total. The van der Waals surface area contributed by atoms with Gasteiger partial charge in [0.15, 0.2) is 0 Å². The van der Waals surface area contributed by atoms with E-state index in [1.165, 1.54) is 37.3 Å². The van der Waals surface area contributed by atoms with Crippen molar-refractivity contribution in [3.8, 4) is 0 Å². The van der Waals surface area contributed by atoms with Crippen LogP contribution in [0.3, 0.4) is 0 Å². The molecule has 1 heterocycles. The normalized spacial score (nSPS) is 25.0. The van der Waals surface area contributed by atoms with Crippen molar-refractivity contribution >= 4 is 17.3 Å². The highest BCUT2D eigenvalue weighted by Gasteiger charge is 2.23. The maximum absolute atomic E-state index is 11.1. The summed E-state index contributed by atoms with van der Waals surface area (Å²) in [6.07, 6.45) is 7.00. The lowest BCUT2D eigenvalue weighted by atomic mass is 9.91. The van der Waals surface area contributed by atoms with Gasteiger partial charge in [0.1, 0.15) is 0 Å². The van der Waals surface area contributed by atoms with E-state index in [1.54, 1.807) is 6.92 Å². The molecule has 1 aliphatic carbocycles. The summed E-state index contributed by atoms with van der Waals surface area (Å²) < 4.78 is 0. The van der Waals surface area contributed by atoms with Crippen molar-refractivity contribution in [3.63, 3.8) is 0 Å². The molecule has 0 unspecified atom stereocenters. The Morgan fingerprint density at radius 2 is 1.68 bits per heavy atom. The number of amides is 1. The minimum absolute atomic E-state index is 0.0933. The van der Waals surface area contributed by atoms with E-state index in [-0.39, 0.29) is 5.91 Å². The van der Waals surface area contributed by atoms with Gasteiger partial charge in [0.25, 0.3) is 0 Å². The van der Waals surface area contributed by atoms with Gasteiger partial charge in [-0.05, 0) is 50.7 Å². The maximum Gasteiger partial charge on any atom is 0.217 e. The Balaban J connectivity index is 1.59. The summed E-state index contributed by atoms with van der Waals surface area (Å²) in [5, 5.41) is 6.79. The van der Waals surface area contributed by atoms with Crippen LogP contribution in [-0.2, 0) is 4.79 Å². The Morgan fingerprint density at radius 1 is 1.05 bits per heavy atom. The number of carbonyl (C=O) groups is 1. The second-order valence-corrected chi connectivity index (χ2v) is 6.60. The molecular weight excluding hydrogens is 274 g/mol. The Bertz CT molecular complexity index is 503. The third-order valence-electron chi connectivity index (χ3n) is 4.84. The molecule has 1 saturated carbocycles. The molecule has 2 aliphatic rings. The Morgan fingerprint density at radius 3 is 2.36 bits per heavy atom. The Hall–Kier alpha value is -1.71. The van der Waals surface area contributed by atoms with Crippen LogP contribution in [0.5, 0.6) is 0 Å². The average molecular weight is 301 g/mol. The number of nitrogens with zero attached hydrogens (tertiary/aromatic N) is 1. The van der Waals surface area contributed by atoms with Crippen molar-refractivity contribution in [2.45, 2.75) is 57.5 Å². The molecule has 3 rings (SSSR count). The predicted molar refractivity (Wildman–Crippen MR) is 91.4 cm³/mol. The van der Waals surface area contributed by atoms with Gasteiger partial charge in [-0.25, -0.2) is 0 Å². The van der Waals surface area contributed by atoms with Gasteiger partial charge in [0.2, 0.25) is 5.91 Å². The van der Waals surface area contributed by atoms with E-state index >= 15 is 0 Å². The van der Waals surface area contributed by atoms with Gasteiger partial charge >= 0.3 is 0 Å². The van der Waals surface area contributed by atoms with Crippen molar-refractivity contribution in [1.82, 2.24) is 5.32 Å². The van der Waals surface area contributed by atoms with Crippen LogP contribution >= 0.6 is 0 Å². The highest BCUT2D eigenvalue weighted by Crippen LogP contribution is 2.31. The molecule has 4 heteroatoms. The summed E-state index contributed by atoms with van der Waals surface area (Å²) in [7, 11) is 0. The number of hydrogen-bond donors (Lipinski definition) is 2. The van der Waals surface area contributed by atoms with Crippen molar-refractivity contribution in [2.24, 2.45) is 0 Å². The average Bonchev–Trinajstić information content (AvgIpc) is 3.03. The van der Waals surface area contributed by atoms with Gasteiger partial charge in [-0.15, -0.1) is 0 Å². The van der Waals surface area contributed by atoms with E-state index in [0.29, 0.717) is 12.1 Å².